The highest BCUT2D eigenvalue weighted by Gasteiger charge is 2.23. The van der Waals surface area contributed by atoms with Crippen LogP contribution in [0.4, 0.5) is 0 Å². The largest absolute Gasteiger partial charge is 0.494 e. The Kier molecular flexibility index (Phi) is 8.85. The average Bonchev–Trinajstić information content (AvgIpc) is 2.65. The zero-order chi connectivity index (χ0) is 17.9. The van der Waals surface area contributed by atoms with Crippen molar-refractivity contribution < 1.29 is 14.3 Å². The van der Waals surface area contributed by atoms with Gasteiger partial charge < -0.3 is 9.47 Å². The van der Waals surface area contributed by atoms with Crippen LogP contribution in [-0.4, -0.2) is 19.2 Å². The van der Waals surface area contributed by atoms with Gasteiger partial charge in [-0.2, -0.15) is 0 Å². The molecule has 0 saturated heterocycles. The lowest BCUT2D eigenvalue weighted by Gasteiger charge is -2.31. The number of hydrogen-bond donors (Lipinski definition) is 0. The van der Waals surface area contributed by atoms with Crippen LogP contribution in [0.15, 0.2) is 24.3 Å². The lowest BCUT2D eigenvalue weighted by atomic mass is 9.75. The Labute approximate surface area is 153 Å². The molecule has 3 nitrogen and oxygen atoms in total. The smallest absolute Gasteiger partial charge is 0.338 e. The fourth-order valence-corrected chi connectivity index (χ4v) is 3.92. The van der Waals surface area contributed by atoms with Crippen molar-refractivity contribution in [1.82, 2.24) is 0 Å². The summed E-state index contributed by atoms with van der Waals surface area (Å²) >= 11 is 0. The summed E-state index contributed by atoms with van der Waals surface area (Å²) in [4.78, 5) is 11.8. The van der Waals surface area contributed by atoms with Gasteiger partial charge in [0.25, 0.3) is 0 Å². The third kappa shape index (κ3) is 6.72. The minimum Gasteiger partial charge on any atom is -0.494 e. The van der Waals surface area contributed by atoms with Crippen molar-refractivity contribution in [3.05, 3.63) is 29.8 Å². The Balaban J connectivity index is 1.70. The topological polar surface area (TPSA) is 35.5 Å². The fourth-order valence-electron chi connectivity index (χ4n) is 3.92. The van der Waals surface area contributed by atoms with Crippen LogP contribution in [-0.2, 0) is 4.74 Å². The molecule has 1 aromatic rings. The van der Waals surface area contributed by atoms with E-state index in [1.165, 1.54) is 44.9 Å². The molecule has 0 heterocycles. The first-order valence-electron chi connectivity index (χ1n) is 10.1. The van der Waals surface area contributed by atoms with E-state index in [1.54, 1.807) is 12.1 Å². The molecule has 2 rings (SSSR count). The molecule has 1 aliphatic carbocycles. The van der Waals surface area contributed by atoms with Gasteiger partial charge in [0.1, 0.15) is 5.75 Å². The first-order chi connectivity index (χ1) is 12.2. The summed E-state index contributed by atoms with van der Waals surface area (Å²) in [6, 6.07) is 7.30. The lowest BCUT2D eigenvalue weighted by Crippen LogP contribution is -2.20. The molecular weight excluding hydrogens is 312 g/mol. The fraction of sp³-hybridized carbons (Fsp3) is 0.682. The SMILES string of the molecule is CCCOC(=O)c1ccc(OCCCC2CCCCC2CCC)cc1. The average molecular weight is 347 g/mol. The quantitative estimate of drug-likeness (QED) is 0.384. The molecule has 1 aromatic carbocycles. The molecule has 0 aromatic heterocycles. The maximum atomic E-state index is 11.8. The minimum atomic E-state index is -0.257. The standard InChI is InChI=1S/C22H34O3/c1-3-8-18-9-5-6-10-19(18)11-7-17-24-21-14-12-20(13-15-21)22(23)25-16-4-2/h12-15,18-19H,3-11,16-17H2,1-2H3. The normalized spacial score (nSPS) is 20.2. The van der Waals surface area contributed by atoms with Gasteiger partial charge in [-0.15, -0.1) is 0 Å². The van der Waals surface area contributed by atoms with E-state index < -0.39 is 0 Å². The molecule has 0 amide bonds. The van der Waals surface area contributed by atoms with Crippen molar-refractivity contribution >= 4 is 5.97 Å². The number of ether oxygens (including phenoxy) is 2. The molecule has 1 saturated carbocycles. The van der Waals surface area contributed by atoms with Crippen molar-refractivity contribution in [3.63, 3.8) is 0 Å². The van der Waals surface area contributed by atoms with Crippen molar-refractivity contribution in [2.45, 2.75) is 71.6 Å². The first-order valence-corrected chi connectivity index (χ1v) is 10.1. The molecule has 2 atom stereocenters. The Bertz CT molecular complexity index is 492. The molecule has 1 aliphatic rings. The molecular formula is C22H34O3. The van der Waals surface area contributed by atoms with E-state index in [1.807, 2.05) is 19.1 Å². The second kappa shape index (κ2) is 11.2. The number of rotatable bonds is 10. The van der Waals surface area contributed by atoms with Crippen molar-refractivity contribution in [3.8, 4) is 5.75 Å². The van der Waals surface area contributed by atoms with E-state index in [0.29, 0.717) is 12.2 Å². The molecule has 0 radical (unpaired) electrons. The number of hydrogen-bond acceptors (Lipinski definition) is 3. The summed E-state index contributed by atoms with van der Waals surface area (Å²) in [7, 11) is 0. The van der Waals surface area contributed by atoms with Crippen LogP contribution in [0.1, 0.15) is 82.0 Å². The summed E-state index contributed by atoms with van der Waals surface area (Å²) in [6.07, 6.45) is 11.6. The number of esters is 1. The number of carbonyl (C=O) groups excluding carboxylic acids is 1. The van der Waals surface area contributed by atoms with Crippen molar-refractivity contribution in [1.29, 1.82) is 0 Å². The van der Waals surface area contributed by atoms with Crippen LogP contribution < -0.4 is 4.74 Å². The van der Waals surface area contributed by atoms with Gasteiger partial charge in [-0.3, -0.25) is 0 Å². The third-order valence-corrected chi connectivity index (χ3v) is 5.24. The van der Waals surface area contributed by atoms with Gasteiger partial charge in [0, 0.05) is 0 Å². The minimum absolute atomic E-state index is 0.257. The van der Waals surface area contributed by atoms with Gasteiger partial charge in [0.05, 0.1) is 18.8 Å². The Hall–Kier alpha value is -1.51. The zero-order valence-electron chi connectivity index (χ0n) is 16.0. The maximum Gasteiger partial charge on any atom is 0.338 e. The summed E-state index contributed by atoms with van der Waals surface area (Å²) in [5, 5.41) is 0. The summed E-state index contributed by atoms with van der Waals surface area (Å²) in [6.45, 7) is 5.52. The van der Waals surface area contributed by atoms with Crippen LogP contribution in [0.25, 0.3) is 0 Å². The van der Waals surface area contributed by atoms with E-state index in [4.69, 9.17) is 9.47 Å². The predicted molar refractivity (Wildman–Crippen MR) is 102 cm³/mol. The highest BCUT2D eigenvalue weighted by molar-refractivity contribution is 5.89. The van der Waals surface area contributed by atoms with Crippen molar-refractivity contribution in [2.75, 3.05) is 13.2 Å². The Morgan fingerprint density at radius 1 is 0.960 bits per heavy atom. The van der Waals surface area contributed by atoms with E-state index >= 15 is 0 Å². The number of benzene rings is 1. The van der Waals surface area contributed by atoms with E-state index in [-0.39, 0.29) is 5.97 Å². The summed E-state index contributed by atoms with van der Waals surface area (Å²) in [5.41, 5.74) is 0.588. The van der Waals surface area contributed by atoms with E-state index in [2.05, 4.69) is 6.92 Å². The molecule has 140 valence electrons. The highest BCUT2D eigenvalue weighted by Crippen LogP contribution is 2.35. The highest BCUT2D eigenvalue weighted by atomic mass is 16.5. The second-order valence-corrected chi connectivity index (χ2v) is 7.24. The zero-order valence-corrected chi connectivity index (χ0v) is 16.0. The van der Waals surface area contributed by atoms with Crippen LogP contribution in [0, 0.1) is 11.8 Å². The molecule has 25 heavy (non-hydrogen) atoms. The van der Waals surface area contributed by atoms with Crippen LogP contribution in [0.3, 0.4) is 0 Å². The summed E-state index contributed by atoms with van der Waals surface area (Å²) in [5.74, 6) is 2.41. The van der Waals surface area contributed by atoms with Crippen molar-refractivity contribution in [2.24, 2.45) is 11.8 Å². The molecule has 1 fully saturated rings. The molecule has 0 bridgehead atoms. The summed E-state index contributed by atoms with van der Waals surface area (Å²) < 4.78 is 11.0. The molecule has 3 heteroatoms. The monoisotopic (exact) mass is 346 g/mol. The Morgan fingerprint density at radius 3 is 2.28 bits per heavy atom. The van der Waals surface area contributed by atoms with Gasteiger partial charge in [-0.1, -0.05) is 52.4 Å². The van der Waals surface area contributed by atoms with Gasteiger partial charge in [0.2, 0.25) is 0 Å². The van der Waals surface area contributed by atoms with Gasteiger partial charge in [-0.05, 0) is 55.4 Å². The molecule has 2 unspecified atom stereocenters. The first kappa shape index (κ1) is 19.8. The van der Waals surface area contributed by atoms with E-state index in [0.717, 1.165) is 37.0 Å². The predicted octanol–water partition coefficient (Wildman–Crippen LogP) is 6.02. The third-order valence-electron chi connectivity index (χ3n) is 5.24. The van der Waals surface area contributed by atoms with Crippen LogP contribution >= 0.6 is 0 Å². The van der Waals surface area contributed by atoms with Crippen LogP contribution in [0.5, 0.6) is 5.75 Å². The van der Waals surface area contributed by atoms with Gasteiger partial charge in [-0.25, -0.2) is 4.79 Å². The molecule has 0 N–H and O–H groups in total. The lowest BCUT2D eigenvalue weighted by molar-refractivity contribution is 0.0505. The number of carbonyl (C=O) groups is 1. The van der Waals surface area contributed by atoms with Gasteiger partial charge >= 0.3 is 5.97 Å². The van der Waals surface area contributed by atoms with E-state index in [9.17, 15) is 4.79 Å². The maximum absolute atomic E-state index is 11.8. The Morgan fingerprint density at radius 2 is 1.64 bits per heavy atom. The van der Waals surface area contributed by atoms with Gasteiger partial charge in [0.15, 0.2) is 0 Å². The molecule has 0 aliphatic heterocycles. The second-order valence-electron chi connectivity index (χ2n) is 7.24. The van der Waals surface area contributed by atoms with Crippen LogP contribution in [0.2, 0.25) is 0 Å². The molecule has 0 spiro atoms.